The Bertz CT molecular complexity index is 893. The van der Waals surface area contributed by atoms with Gasteiger partial charge in [0.2, 0.25) is 0 Å². The normalized spacial score (nSPS) is 16.8. The summed E-state index contributed by atoms with van der Waals surface area (Å²) in [5, 5.41) is 6.00. The van der Waals surface area contributed by atoms with E-state index in [1.807, 2.05) is 6.07 Å². The van der Waals surface area contributed by atoms with Crippen molar-refractivity contribution in [1.82, 2.24) is 10.3 Å². The van der Waals surface area contributed by atoms with Gasteiger partial charge in [-0.3, -0.25) is 4.79 Å². The summed E-state index contributed by atoms with van der Waals surface area (Å²) in [4.78, 5) is 16.9. The molecule has 154 valence electrons. The maximum Gasteiger partial charge on any atom is 0.573 e. The Morgan fingerprint density at radius 3 is 2.62 bits per heavy atom. The van der Waals surface area contributed by atoms with Gasteiger partial charge in [0.15, 0.2) is 0 Å². The number of pyridine rings is 1. The number of ether oxygens (including phenoxy) is 1. The summed E-state index contributed by atoms with van der Waals surface area (Å²) in [5.41, 5.74) is 1.92. The lowest BCUT2D eigenvalue weighted by molar-refractivity contribution is -0.274. The predicted molar refractivity (Wildman–Crippen MR) is 102 cm³/mol. The molecule has 0 aliphatic heterocycles. The fraction of sp³-hybridized carbons (Fsp3) is 0.429. The molecule has 2 aromatic rings. The number of anilines is 2. The standard InChI is InChI=1S/C21H22F3N3O2/c22-21(23,24)29-16-6-2-5-15(9-16)27-19-10-17(14-7-8-14)18(12-25-19)20(28)26-11-13-3-1-4-13/h2,5-6,9-10,12-14H,1,3-4,7-8,11H2,(H,25,27)(H,26,28). The Hall–Kier alpha value is -2.77. The largest absolute Gasteiger partial charge is 0.573 e. The summed E-state index contributed by atoms with van der Waals surface area (Å²) in [6.07, 6.45) is 2.38. The number of rotatable bonds is 7. The first kappa shape index (κ1) is 19.5. The number of aromatic nitrogens is 1. The summed E-state index contributed by atoms with van der Waals surface area (Å²) in [6, 6.07) is 7.39. The lowest BCUT2D eigenvalue weighted by Crippen LogP contribution is -2.32. The van der Waals surface area contributed by atoms with Crippen molar-refractivity contribution in [2.45, 2.75) is 44.4 Å². The van der Waals surface area contributed by atoms with E-state index in [0.717, 1.165) is 31.2 Å². The van der Waals surface area contributed by atoms with Gasteiger partial charge in [0.1, 0.15) is 11.6 Å². The van der Waals surface area contributed by atoms with Gasteiger partial charge in [-0.15, -0.1) is 13.2 Å². The number of nitrogens with zero attached hydrogens (tertiary/aromatic N) is 1. The second kappa shape index (κ2) is 7.93. The van der Waals surface area contributed by atoms with Crippen molar-refractivity contribution in [3.8, 4) is 5.75 Å². The maximum atomic E-state index is 12.6. The van der Waals surface area contributed by atoms with Crippen LogP contribution in [0.15, 0.2) is 36.5 Å². The number of nitrogens with one attached hydrogen (secondary N) is 2. The van der Waals surface area contributed by atoms with Crippen LogP contribution in [0.2, 0.25) is 0 Å². The smallest absolute Gasteiger partial charge is 0.406 e. The molecule has 5 nitrogen and oxygen atoms in total. The van der Waals surface area contributed by atoms with Crippen LogP contribution in [0.1, 0.15) is 53.9 Å². The molecule has 0 atom stereocenters. The van der Waals surface area contributed by atoms with Crippen molar-refractivity contribution >= 4 is 17.4 Å². The van der Waals surface area contributed by atoms with Gasteiger partial charge in [-0.1, -0.05) is 12.5 Å². The highest BCUT2D eigenvalue weighted by Gasteiger charge is 2.31. The molecule has 0 unspecified atom stereocenters. The first-order valence-corrected chi connectivity index (χ1v) is 9.78. The number of carbonyl (C=O) groups is 1. The van der Waals surface area contributed by atoms with Crippen LogP contribution < -0.4 is 15.4 Å². The first-order chi connectivity index (χ1) is 13.9. The average Bonchev–Trinajstić information content (AvgIpc) is 3.44. The van der Waals surface area contributed by atoms with E-state index < -0.39 is 6.36 Å². The van der Waals surface area contributed by atoms with Gasteiger partial charge in [-0.2, -0.15) is 0 Å². The van der Waals surface area contributed by atoms with Crippen LogP contribution in [-0.2, 0) is 0 Å². The quantitative estimate of drug-likeness (QED) is 0.670. The van der Waals surface area contributed by atoms with Crippen LogP contribution in [-0.4, -0.2) is 23.8 Å². The van der Waals surface area contributed by atoms with E-state index in [4.69, 9.17) is 0 Å². The van der Waals surface area contributed by atoms with Crippen molar-refractivity contribution in [2.75, 3.05) is 11.9 Å². The Balaban J connectivity index is 1.48. The van der Waals surface area contributed by atoms with E-state index in [9.17, 15) is 18.0 Å². The van der Waals surface area contributed by atoms with Crippen molar-refractivity contribution in [1.29, 1.82) is 0 Å². The Labute approximate surface area is 166 Å². The summed E-state index contributed by atoms with van der Waals surface area (Å²) in [5.74, 6) is 0.952. The number of amides is 1. The van der Waals surface area contributed by atoms with E-state index in [1.165, 1.54) is 24.6 Å². The molecule has 2 saturated carbocycles. The van der Waals surface area contributed by atoms with Gasteiger partial charge in [0.05, 0.1) is 5.56 Å². The molecule has 29 heavy (non-hydrogen) atoms. The highest BCUT2D eigenvalue weighted by Crippen LogP contribution is 2.42. The fourth-order valence-corrected chi connectivity index (χ4v) is 3.41. The molecule has 0 bridgehead atoms. The molecule has 1 heterocycles. The van der Waals surface area contributed by atoms with Crippen LogP contribution in [0.25, 0.3) is 0 Å². The van der Waals surface area contributed by atoms with E-state index in [2.05, 4.69) is 20.4 Å². The predicted octanol–water partition coefficient (Wildman–Crippen LogP) is 5.13. The number of benzene rings is 1. The molecule has 2 aliphatic carbocycles. The number of carbonyl (C=O) groups excluding carboxylic acids is 1. The highest BCUT2D eigenvalue weighted by molar-refractivity contribution is 5.96. The molecule has 1 aromatic heterocycles. The Morgan fingerprint density at radius 2 is 1.97 bits per heavy atom. The topological polar surface area (TPSA) is 63.2 Å². The Morgan fingerprint density at radius 1 is 1.17 bits per heavy atom. The highest BCUT2D eigenvalue weighted by atomic mass is 19.4. The van der Waals surface area contributed by atoms with Crippen LogP contribution in [0.4, 0.5) is 24.7 Å². The van der Waals surface area contributed by atoms with Crippen molar-refractivity contribution in [3.05, 3.63) is 47.7 Å². The molecular formula is C21H22F3N3O2. The van der Waals surface area contributed by atoms with E-state index in [0.29, 0.717) is 35.4 Å². The van der Waals surface area contributed by atoms with Gasteiger partial charge in [0, 0.05) is 24.5 Å². The van der Waals surface area contributed by atoms with Gasteiger partial charge < -0.3 is 15.4 Å². The van der Waals surface area contributed by atoms with Crippen molar-refractivity contribution in [3.63, 3.8) is 0 Å². The first-order valence-electron chi connectivity index (χ1n) is 9.78. The zero-order valence-electron chi connectivity index (χ0n) is 15.8. The molecule has 2 N–H and O–H groups in total. The van der Waals surface area contributed by atoms with E-state index in [-0.39, 0.29) is 11.7 Å². The van der Waals surface area contributed by atoms with Crippen molar-refractivity contribution < 1.29 is 22.7 Å². The molecule has 1 amide bonds. The van der Waals surface area contributed by atoms with E-state index >= 15 is 0 Å². The SMILES string of the molecule is O=C(NCC1CCC1)c1cnc(Nc2cccc(OC(F)(F)F)c2)cc1C1CC1. The van der Waals surface area contributed by atoms with Crippen LogP contribution in [0, 0.1) is 5.92 Å². The molecule has 0 saturated heterocycles. The third-order valence-electron chi connectivity index (χ3n) is 5.31. The summed E-state index contributed by atoms with van der Waals surface area (Å²) >= 11 is 0. The molecule has 2 aliphatic rings. The van der Waals surface area contributed by atoms with Gasteiger partial charge in [-0.25, -0.2) is 4.98 Å². The summed E-state index contributed by atoms with van der Waals surface area (Å²) < 4.78 is 41.2. The van der Waals surface area contributed by atoms with Crippen molar-refractivity contribution in [2.24, 2.45) is 5.92 Å². The third-order valence-corrected chi connectivity index (χ3v) is 5.31. The van der Waals surface area contributed by atoms with Crippen LogP contribution >= 0.6 is 0 Å². The second-order valence-electron chi connectivity index (χ2n) is 7.64. The lowest BCUT2D eigenvalue weighted by atomic mass is 9.85. The summed E-state index contributed by atoms with van der Waals surface area (Å²) in [7, 11) is 0. The molecule has 1 aromatic carbocycles. The van der Waals surface area contributed by atoms with Gasteiger partial charge in [0.25, 0.3) is 5.91 Å². The molecule has 4 rings (SSSR count). The van der Waals surface area contributed by atoms with E-state index in [1.54, 1.807) is 12.3 Å². The Kier molecular flexibility index (Phi) is 5.34. The minimum absolute atomic E-state index is 0.113. The van der Waals surface area contributed by atoms with Crippen LogP contribution in [0.5, 0.6) is 5.75 Å². The fourth-order valence-electron chi connectivity index (χ4n) is 3.41. The number of halogens is 3. The minimum Gasteiger partial charge on any atom is -0.406 e. The molecule has 0 spiro atoms. The van der Waals surface area contributed by atoms with Gasteiger partial charge in [-0.05, 0) is 61.3 Å². The average molecular weight is 405 g/mol. The maximum absolute atomic E-state index is 12.6. The molecule has 0 radical (unpaired) electrons. The van der Waals surface area contributed by atoms with Crippen LogP contribution in [0.3, 0.4) is 0 Å². The monoisotopic (exact) mass is 405 g/mol. The molecule has 2 fully saturated rings. The minimum atomic E-state index is -4.75. The third kappa shape index (κ3) is 5.19. The molecular weight excluding hydrogens is 383 g/mol. The molecule has 8 heteroatoms. The lowest BCUT2D eigenvalue weighted by Gasteiger charge is -2.25. The number of alkyl halides is 3. The zero-order chi connectivity index (χ0) is 20.4. The number of hydrogen-bond donors (Lipinski definition) is 2. The van der Waals surface area contributed by atoms with Gasteiger partial charge >= 0.3 is 6.36 Å². The number of hydrogen-bond acceptors (Lipinski definition) is 4. The second-order valence-corrected chi connectivity index (χ2v) is 7.64. The summed E-state index contributed by atoms with van der Waals surface area (Å²) in [6.45, 7) is 0.689. The zero-order valence-corrected chi connectivity index (χ0v) is 15.8.